The molecule has 0 saturated heterocycles. The first-order chi connectivity index (χ1) is 7.33. The summed E-state index contributed by atoms with van der Waals surface area (Å²) >= 11 is 0. The van der Waals surface area contributed by atoms with Crippen molar-refractivity contribution in [3.05, 3.63) is 23.4 Å². The van der Waals surface area contributed by atoms with Crippen LogP contribution in [0.15, 0.2) is 12.3 Å². The second-order valence-corrected chi connectivity index (χ2v) is 5.02. The number of nitrogens with one attached hydrogen (secondary N) is 1. The summed E-state index contributed by atoms with van der Waals surface area (Å²) in [6, 6.07) is 1.51. The van der Waals surface area contributed by atoms with Crippen LogP contribution in [0.25, 0.3) is 0 Å². The van der Waals surface area contributed by atoms with Gasteiger partial charge >= 0.3 is 0 Å². The maximum atomic E-state index is 11.6. The largest absolute Gasteiger partial charge is 0.480 e. The van der Waals surface area contributed by atoms with Gasteiger partial charge in [0.05, 0.1) is 13.4 Å². The number of amides is 1. The quantitative estimate of drug-likeness (QED) is 0.814. The van der Waals surface area contributed by atoms with E-state index in [1.165, 1.54) is 19.4 Å². The molecule has 1 rings (SSSR count). The fraction of sp³-hybridized carbons (Fsp3) is 0.333. The Morgan fingerprint density at radius 1 is 1.50 bits per heavy atom. The first kappa shape index (κ1) is 12.4. The minimum atomic E-state index is -3.59. The molecule has 1 amide bonds. The summed E-state index contributed by atoms with van der Waals surface area (Å²) in [5.74, 6) is -0.665. The zero-order valence-electron chi connectivity index (χ0n) is 9.14. The van der Waals surface area contributed by atoms with Gasteiger partial charge in [-0.1, -0.05) is 0 Å². The van der Waals surface area contributed by atoms with Crippen molar-refractivity contribution in [3.8, 4) is 5.88 Å². The van der Waals surface area contributed by atoms with Crippen molar-refractivity contribution in [1.82, 2.24) is 9.71 Å². The molecule has 1 aromatic heterocycles. The van der Waals surface area contributed by atoms with Crippen LogP contribution in [0.2, 0.25) is 0 Å². The first-order valence-electron chi connectivity index (χ1n) is 4.36. The Hall–Kier alpha value is -1.63. The summed E-state index contributed by atoms with van der Waals surface area (Å²) in [6.45, 7) is 1.74. The maximum Gasteiger partial charge on any atom is 0.270 e. The highest BCUT2D eigenvalue weighted by molar-refractivity contribution is 7.89. The Morgan fingerprint density at radius 3 is 2.62 bits per heavy atom. The van der Waals surface area contributed by atoms with E-state index in [-0.39, 0.29) is 11.4 Å². The molecule has 0 aromatic carbocycles. The van der Waals surface area contributed by atoms with Gasteiger partial charge in [-0.3, -0.25) is 4.79 Å². The summed E-state index contributed by atoms with van der Waals surface area (Å²) in [5.41, 5.74) is 0.826. The van der Waals surface area contributed by atoms with Crippen molar-refractivity contribution in [2.24, 2.45) is 0 Å². The van der Waals surface area contributed by atoms with Crippen LogP contribution >= 0.6 is 0 Å². The van der Waals surface area contributed by atoms with Crippen LogP contribution < -0.4 is 9.46 Å². The highest BCUT2D eigenvalue weighted by Crippen LogP contribution is 2.15. The minimum absolute atomic E-state index is 0.0896. The number of sulfonamides is 1. The van der Waals surface area contributed by atoms with Crippen LogP contribution in [0.1, 0.15) is 15.9 Å². The standard InChI is InChI=1S/C9H12N2O4S/c1-6-4-7(9(15-2)10-5-6)8(12)11-16(3,13)14/h4-5H,1-3H3,(H,11,12). The van der Waals surface area contributed by atoms with Crippen LogP contribution in [0.3, 0.4) is 0 Å². The molecule has 0 aliphatic rings. The summed E-state index contributed by atoms with van der Waals surface area (Å²) in [6.07, 6.45) is 2.43. The molecule has 0 aliphatic carbocycles. The van der Waals surface area contributed by atoms with Crippen molar-refractivity contribution in [2.75, 3.05) is 13.4 Å². The molecular weight excluding hydrogens is 232 g/mol. The molecule has 7 heteroatoms. The highest BCUT2D eigenvalue weighted by atomic mass is 32.2. The predicted molar refractivity (Wildman–Crippen MR) is 57.8 cm³/mol. The SMILES string of the molecule is COc1ncc(C)cc1C(=O)NS(C)(=O)=O. The van der Waals surface area contributed by atoms with E-state index in [9.17, 15) is 13.2 Å². The molecule has 0 fully saturated rings. The number of methoxy groups -OCH3 is 1. The summed E-state index contributed by atoms with van der Waals surface area (Å²) in [4.78, 5) is 15.5. The number of hydrogen-bond donors (Lipinski definition) is 1. The number of carbonyl (C=O) groups is 1. The van der Waals surface area contributed by atoms with Gasteiger partial charge in [-0.2, -0.15) is 0 Å². The Labute approximate surface area is 93.7 Å². The Morgan fingerprint density at radius 2 is 2.12 bits per heavy atom. The van der Waals surface area contributed by atoms with E-state index in [1.807, 2.05) is 4.72 Å². The number of carbonyl (C=O) groups excluding carboxylic acids is 1. The molecule has 0 saturated carbocycles. The van der Waals surface area contributed by atoms with Gasteiger partial charge in [0.1, 0.15) is 5.56 Å². The molecule has 0 radical (unpaired) electrons. The van der Waals surface area contributed by atoms with Crippen LogP contribution in [-0.4, -0.2) is 32.7 Å². The van der Waals surface area contributed by atoms with Crippen LogP contribution in [-0.2, 0) is 10.0 Å². The summed E-state index contributed by atoms with van der Waals surface area (Å²) in [5, 5.41) is 0. The molecule has 0 aliphatic heterocycles. The van der Waals surface area contributed by atoms with Crippen molar-refractivity contribution < 1.29 is 17.9 Å². The Bertz CT molecular complexity index is 510. The second-order valence-electron chi connectivity index (χ2n) is 3.27. The average Bonchev–Trinajstić information content (AvgIpc) is 2.15. The molecule has 0 unspecified atom stereocenters. The van der Waals surface area contributed by atoms with Crippen LogP contribution in [0.4, 0.5) is 0 Å². The maximum absolute atomic E-state index is 11.6. The van der Waals surface area contributed by atoms with E-state index in [2.05, 4.69) is 4.98 Å². The summed E-state index contributed by atoms with van der Waals surface area (Å²) < 4.78 is 28.5. The smallest absolute Gasteiger partial charge is 0.270 e. The highest BCUT2D eigenvalue weighted by Gasteiger charge is 2.16. The number of hydrogen-bond acceptors (Lipinski definition) is 5. The zero-order chi connectivity index (χ0) is 12.3. The van der Waals surface area contributed by atoms with Crippen LogP contribution in [0, 0.1) is 6.92 Å². The van der Waals surface area contributed by atoms with Crippen molar-refractivity contribution >= 4 is 15.9 Å². The lowest BCUT2D eigenvalue weighted by Gasteiger charge is -2.07. The monoisotopic (exact) mass is 244 g/mol. The first-order valence-corrected chi connectivity index (χ1v) is 6.25. The number of ether oxygens (including phenoxy) is 1. The molecule has 6 nitrogen and oxygen atoms in total. The number of aryl methyl sites for hydroxylation is 1. The topological polar surface area (TPSA) is 85.4 Å². The van der Waals surface area contributed by atoms with E-state index >= 15 is 0 Å². The molecule has 1 heterocycles. The van der Waals surface area contributed by atoms with E-state index in [4.69, 9.17) is 4.74 Å². The fourth-order valence-corrected chi connectivity index (χ4v) is 1.55. The van der Waals surface area contributed by atoms with E-state index in [0.717, 1.165) is 11.8 Å². The van der Waals surface area contributed by atoms with Crippen molar-refractivity contribution in [3.63, 3.8) is 0 Å². The van der Waals surface area contributed by atoms with E-state index < -0.39 is 15.9 Å². The molecule has 0 atom stereocenters. The molecule has 1 N–H and O–H groups in total. The fourth-order valence-electron chi connectivity index (χ4n) is 1.11. The molecule has 0 bridgehead atoms. The van der Waals surface area contributed by atoms with Gasteiger partial charge in [0.25, 0.3) is 5.91 Å². The number of nitrogens with zero attached hydrogens (tertiary/aromatic N) is 1. The van der Waals surface area contributed by atoms with Gasteiger partial charge in [-0.15, -0.1) is 0 Å². The van der Waals surface area contributed by atoms with Gasteiger partial charge in [0.15, 0.2) is 0 Å². The van der Waals surface area contributed by atoms with Crippen molar-refractivity contribution in [2.45, 2.75) is 6.92 Å². The minimum Gasteiger partial charge on any atom is -0.480 e. The number of pyridine rings is 1. The lowest BCUT2D eigenvalue weighted by Crippen LogP contribution is -2.29. The lowest BCUT2D eigenvalue weighted by molar-refractivity contribution is 0.0978. The predicted octanol–water partition coefficient (Wildman–Crippen LogP) is 0.0880. The third-order valence-electron chi connectivity index (χ3n) is 1.70. The van der Waals surface area contributed by atoms with Gasteiger partial charge in [-0.05, 0) is 18.6 Å². The third-order valence-corrected chi connectivity index (χ3v) is 2.26. The van der Waals surface area contributed by atoms with Gasteiger partial charge < -0.3 is 4.74 Å². The molecule has 1 aromatic rings. The Kier molecular flexibility index (Phi) is 3.48. The van der Waals surface area contributed by atoms with Gasteiger partial charge in [0.2, 0.25) is 15.9 Å². The lowest BCUT2D eigenvalue weighted by atomic mass is 10.2. The molecule has 88 valence electrons. The number of rotatable bonds is 3. The third kappa shape index (κ3) is 3.20. The van der Waals surface area contributed by atoms with Gasteiger partial charge in [0, 0.05) is 6.20 Å². The molecular formula is C9H12N2O4S. The zero-order valence-corrected chi connectivity index (χ0v) is 9.96. The molecule has 0 spiro atoms. The van der Waals surface area contributed by atoms with Gasteiger partial charge in [-0.25, -0.2) is 18.1 Å². The number of aromatic nitrogens is 1. The van der Waals surface area contributed by atoms with E-state index in [1.54, 1.807) is 6.92 Å². The molecule has 16 heavy (non-hydrogen) atoms. The summed E-state index contributed by atoms with van der Waals surface area (Å²) in [7, 11) is -2.24. The second kappa shape index (κ2) is 4.48. The van der Waals surface area contributed by atoms with Crippen LogP contribution in [0.5, 0.6) is 5.88 Å². The van der Waals surface area contributed by atoms with E-state index in [0.29, 0.717) is 0 Å². The average molecular weight is 244 g/mol. The van der Waals surface area contributed by atoms with Crippen molar-refractivity contribution in [1.29, 1.82) is 0 Å². The normalized spacial score (nSPS) is 10.9. The Balaban J connectivity index is 3.12.